The molecule has 1 fully saturated rings. The number of carbonyl (C=O) groups excluding carboxylic acids is 1. The van der Waals surface area contributed by atoms with Crippen LogP contribution in [0.3, 0.4) is 0 Å². The highest BCUT2D eigenvalue weighted by Crippen LogP contribution is 2.33. The predicted molar refractivity (Wildman–Crippen MR) is 104 cm³/mol. The maximum Gasteiger partial charge on any atom is 0.261 e. The van der Waals surface area contributed by atoms with Crippen LogP contribution in [0.1, 0.15) is 46.5 Å². The largest absolute Gasteiger partial charge is 0.395 e. The van der Waals surface area contributed by atoms with Gasteiger partial charge in [0, 0.05) is 12.2 Å². The van der Waals surface area contributed by atoms with Crippen molar-refractivity contribution in [2.24, 2.45) is 0 Å². The summed E-state index contributed by atoms with van der Waals surface area (Å²) >= 11 is 0. The SMILES string of the molecule is Cc1n[nH]c(C)c1C(=O)N1CCCC1c1nc2ccccc2c(=O)n1CCO. The van der Waals surface area contributed by atoms with E-state index in [9.17, 15) is 14.7 Å². The van der Waals surface area contributed by atoms with E-state index in [0.29, 0.717) is 34.5 Å². The van der Waals surface area contributed by atoms with Crippen LogP contribution in [0.25, 0.3) is 10.9 Å². The van der Waals surface area contributed by atoms with E-state index in [-0.39, 0.29) is 30.7 Å². The summed E-state index contributed by atoms with van der Waals surface area (Å²) in [6, 6.07) is 6.85. The Morgan fingerprint density at radius 3 is 2.82 bits per heavy atom. The van der Waals surface area contributed by atoms with Gasteiger partial charge in [-0.2, -0.15) is 5.10 Å². The predicted octanol–water partition coefficient (Wildman–Crippen LogP) is 1.71. The minimum absolute atomic E-state index is 0.107. The third kappa shape index (κ3) is 2.90. The summed E-state index contributed by atoms with van der Waals surface area (Å²) in [5.74, 6) is 0.423. The average Bonchev–Trinajstić information content (AvgIpc) is 3.30. The molecule has 0 saturated carbocycles. The summed E-state index contributed by atoms with van der Waals surface area (Å²) in [6.45, 7) is 4.20. The Morgan fingerprint density at radius 2 is 2.11 bits per heavy atom. The summed E-state index contributed by atoms with van der Waals surface area (Å²) in [6.07, 6.45) is 1.55. The number of rotatable bonds is 4. The molecule has 2 N–H and O–H groups in total. The number of aliphatic hydroxyl groups excluding tert-OH is 1. The average molecular weight is 381 g/mol. The lowest BCUT2D eigenvalue weighted by molar-refractivity contribution is 0.0724. The van der Waals surface area contributed by atoms with Crippen molar-refractivity contribution in [2.45, 2.75) is 39.3 Å². The number of hydrogen-bond donors (Lipinski definition) is 2. The summed E-state index contributed by atoms with van der Waals surface area (Å²) in [5, 5.41) is 17.0. The van der Waals surface area contributed by atoms with Gasteiger partial charge in [-0.15, -0.1) is 0 Å². The van der Waals surface area contributed by atoms with E-state index in [1.165, 1.54) is 4.57 Å². The number of amides is 1. The highest BCUT2D eigenvalue weighted by Gasteiger charge is 2.35. The Kier molecular flexibility index (Phi) is 4.72. The lowest BCUT2D eigenvalue weighted by Gasteiger charge is -2.26. The summed E-state index contributed by atoms with van der Waals surface area (Å²) in [5.41, 5.74) is 2.37. The van der Waals surface area contributed by atoms with Crippen LogP contribution in [0, 0.1) is 13.8 Å². The molecule has 0 spiro atoms. The molecule has 1 saturated heterocycles. The van der Waals surface area contributed by atoms with Crippen molar-refractivity contribution < 1.29 is 9.90 Å². The molecule has 1 aliphatic heterocycles. The van der Waals surface area contributed by atoms with E-state index in [0.717, 1.165) is 18.5 Å². The molecule has 2 aromatic heterocycles. The van der Waals surface area contributed by atoms with Crippen LogP contribution in [0.2, 0.25) is 0 Å². The number of fused-ring (bicyclic) bond motifs is 1. The lowest BCUT2D eigenvalue weighted by atomic mass is 10.1. The highest BCUT2D eigenvalue weighted by molar-refractivity contribution is 5.96. The standard InChI is InChI=1S/C20H23N5O3/c1-12-17(13(2)23-22-12)20(28)24-9-5-8-16(24)18-21-15-7-4-3-6-14(15)19(27)25(18)10-11-26/h3-4,6-7,16,26H,5,8-11H2,1-2H3,(H,22,23). The van der Waals surface area contributed by atoms with E-state index in [1.807, 2.05) is 13.0 Å². The lowest BCUT2D eigenvalue weighted by Crippen LogP contribution is -2.36. The van der Waals surface area contributed by atoms with Crippen molar-refractivity contribution >= 4 is 16.8 Å². The fourth-order valence-electron chi connectivity index (χ4n) is 4.04. The van der Waals surface area contributed by atoms with Gasteiger partial charge in [0.05, 0.1) is 41.4 Å². The Labute approximate surface area is 161 Å². The van der Waals surface area contributed by atoms with E-state index in [4.69, 9.17) is 4.98 Å². The first-order chi connectivity index (χ1) is 13.5. The molecule has 1 unspecified atom stereocenters. The van der Waals surface area contributed by atoms with Crippen LogP contribution >= 0.6 is 0 Å². The molecule has 28 heavy (non-hydrogen) atoms. The van der Waals surface area contributed by atoms with Crippen molar-refractivity contribution in [1.82, 2.24) is 24.6 Å². The third-order valence-corrected chi connectivity index (χ3v) is 5.37. The number of aromatic nitrogens is 4. The minimum atomic E-state index is -0.315. The van der Waals surface area contributed by atoms with Crippen LogP contribution in [-0.2, 0) is 6.54 Å². The topological polar surface area (TPSA) is 104 Å². The number of carbonyl (C=O) groups is 1. The highest BCUT2D eigenvalue weighted by atomic mass is 16.3. The number of benzene rings is 1. The van der Waals surface area contributed by atoms with Gasteiger partial charge in [-0.1, -0.05) is 12.1 Å². The molecule has 8 nitrogen and oxygen atoms in total. The number of H-pyrrole nitrogens is 1. The van der Waals surface area contributed by atoms with Gasteiger partial charge < -0.3 is 10.0 Å². The first kappa shape index (κ1) is 18.4. The van der Waals surface area contributed by atoms with E-state index >= 15 is 0 Å². The molecule has 8 heteroatoms. The molecule has 0 bridgehead atoms. The molecule has 4 rings (SSSR count). The maximum atomic E-state index is 13.3. The molecule has 1 amide bonds. The molecule has 0 radical (unpaired) electrons. The molecule has 1 atom stereocenters. The number of likely N-dealkylation sites (tertiary alicyclic amines) is 1. The van der Waals surface area contributed by atoms with Gasteiger partial charge in [0.25, 0.3) is 11.5 Å². The van der Waals surface area contributed by atoms with Crippen molar-refractivity contribution in [3.8, 4) is 0 Å². The molecule has 1 aromatic carbocycles. The molecular formula is C20H23N5O3. The fourth-order valence-corrected chi connectivity index (χ4v) is 4.04. The number of aromatic amines is 1. The Balaban J connectivity index is 1.83. The van der Waals surface area contributed by atoms with Gasteiger partial charge in [-0.3, -0.25) is 19.3 Å². The van der Waals surface area contributed by atoms with Crippen LogP contribution < -0.4 is 5.56 Å². The number of aryl methyl sites for hydroxylation is 2. The monoisotopic (exact) mass is 381 g/mol. The quantitative estimate of drug-likeness (QED) is 0.716. The van der Waals surface area contributed by atoms with Crippen molar-refractivity contribution in [2.75, 3.05) is 13.2 Å². The Hall–Kier alpha value is -3.00. The second-order valence-electron chi connectivity index (χ2n) is 7.13. The molecule has 3 aromatic rings. The second kappa shape index (κ2) is 7.20. The van der Waals surface area contributed by atoms with Gasteiger partial charge in [-0.25, -0.2) is 4.98 Å². The number of hydrogen-bond acceptors (Lipinski definition) is 5. The van der Waals surface area contributed by atoms with Gasteiger partial charge >= 0.3 is 0 Å². The molecule has 146 valence electrons. The van der Waals surface area contributed by atoms with Crippen LogP contribution in [0.15, 0.2) is 29.1 Å². The van der Waals surface area contributed by atoms with Crippen molar-refractivity contribution in [1.29, 1.82) is 0 Å². The van der Waals surface area contributed by atoms with Gasteiger partial charge in [0.2, 0.25) is 0 Å². The third-order valence-electron chi connectivity index (χ3n) is 5.37. The zero-order valence-corrected chi connectivity index (χ0v) is 16.0. The zero-order valence-electron chi connectivity index (χ0n) is 16.0. The van der Waals surface area contributed by atoms with Crippen LogP contribution in [0.4, 0.5) is 0 Å². The molecule has 1 aliphatic rings. The maximum absolute atomic E-state index is 13.3. The van der Waals surface area contributed by atoms with E-state index < -0.39 is 0 Å². The van der Waals surface area contributed by atoms with E-state index in [2.05, 4.69) is 10.2 Å². The zero-order chi connectivity index (χ0) is 19.8. The normalized spacial score (nSPS) is 16.8. The Bertz CT molecular complexity index is 1080. The van der Waals surface area contributed by atoms with Gasteiger partial charge in [-0.05, 0) is 38.8 Å². The minimum Gasteiger partial charge on any atom is -0.395 e. The number of para-hydroxylation sites is 1. The second-order valence-corrected chi connectivity index (χ2v) is 7.13. The Morgan fingerprint density at radius 1 is 1.32 bits per heavy atom. The fraction of sp³-hybridized carbons (Fsp3) is 0.400. The molecule has 0 aliphatic carbocycles. The van der Waals surface area contributed by atoms with Crippen molar-refractivity contribution in [3.05, 3.63) is 57.4 Å². The first-order valence-electron chi connectivity index (χ1n) is 9.45. The van der Waals surface area contributed by atoms with Crippen LogP contribution in [-0.4, -0.2) is 48.8 Å². The molecule has 3 heterocycles. The smallest absolute Gasteiger partial charge is 0.261 e. The summed E-state index contributed by atoms with van der Waals surface area (Å²) in [7, 11) is 0. The van der Waals surface area contributed by atoms with Crippen LogP contribution in [0.5, 0.6) is 0 Å². The number of aliphatic hydroxyl groups is 1. The summed E-state index contributed by atoms with van der Waals surface area (Å²) < 4.78 is 1.51. The number of nitrogens with zero attached hydrogens (tertiary/aromatic N) is 4. The van der Waals surface area contributed by atoms with Gasteiger partial charge in [0.1, 0.15) is 5.82 Å². The number of nitrogens with one attached hydrogen (secondary N) is 1. The summed E-state index contributed by atoms with van der Waals surface area (Å²) in [4.78, 5) is 32.8. The van der Waals surface area contributed by atoms with Gasteiger partial charge in [0.15, 0.2) is 0 Å². The van der Waals surface area contributed by atoms with E-state index in [1.54, 1.807) is 30.0 Å². The first-order valence-corrected chi connectivity index (χ1v) is 9.45. The molecular weight excluding hydrogens is 358 g/mol. The van der Waals surface area contributed by atoms with Crippen molar-refractivity contribution in [3.63, 3.8) is 0 Å².